The van der Waals surface area contributed by atoms with Crippen LogP contribution in [-0.2, 0) is 0 Å². The molecule has 1 aromatic carbocycles. The maximum absolute atomic E-state index is 5.99. The van der Waals surface area contributed by atoms with Crippen LogP contribution in [0.2, 0.25) is 0 Å². The van der Waals surface area contributed by atoms with E-state index in [0.717, 1.165) is 12.5 Å². The van der Waals surface area contributed by atoms with E-state index in [9.17, 15) is 0 Å². The molecule has 2 aromatic rings. The van der Waals surface area contributed by atoms with Crippen molar-refractivity contribution < 1.29 is 0 Å². The van der Waals surface area contributed by atoms with E-state index in [4.69, 9.17) is 5.73 Å². The number of nitrogens with two attached hydrogens (primary N) is 1. The molecule has 0 saturated heterocycles. The lowest BCUT2D eigenvalue weighted by molar-refractivity contribution is 0.173. The second kappa shape index (κ2) is 6.44. The highest BCUT2D eigenvalue weighted by molar-refractivity contribution is 5.61. The molecule has 3 rings (SSSR count). The second-order valence-corrected chi connectivity index (χ2v) is 6.23. The van der Waals surface area contributed by atoms with E-state index >= 15 is 0 Å². The number of benzene rings is 1. The Labute approximate surface area is 127 Å². The molecule has 1 aromatic heterocycles. The Hall–Kier alpha value is -1.61. The van der Waals surface area contributed by atoms with Crippen LogP contribution in [0.4, 0.5) is 0 Å². The van der Waals surface area contributed by atoms with E-state index in [0.29, 0.717) is 12.0 Å². The lowest BCUT2D eigenvalue weighted by Crippen LogP contribution is -2.32. The van der Waals surface area contributed by atoms with Gasteiger partial charge in [-0.2, -0.15) is 5.10 Å². The molecule has 3 heteroatoms. The summed E-state index contributed by atoms with van der Waals surface area (Å²) < 4.78 is 2.17. The van der Waals surface area contributed by atoms with Gasteiger partial charge in [0.1, 0.15) is 0 Å². The van der Waals surface area contributed by atoms with Crippen LogP contribution in [0.3, 0.4) is 0 Å². The average molecular weight is 283 g/mol. The van der Waals surface area contributed by atoms with Gasteiger partial charge in [0.05, 0.1) is 12.2 Å². The van der Waals surface area contributed by atoms with Crippen molar-refractivity contribution in [3.8, 4) is 11.1 Å². The Morgan fingerprint density at radius 3 is 2.71 bits per heavy atom. The molecule has 3 nitrogen and oxygen atoms in total. The van der Waals surface area contributed by atoms with Gasteiger partial charge in [-0.15, -0.1) is 0 Å². The Morgan fingerprint density at radius 2 is 2.00 bits per heavy atom. The first-order valence-electron chi connectivity index (χ1n) is 8.11. The predicted octanol–water partition coefficient (Wildman–Crippen LogP) is 3.88. The predicted molar refractivity (Wildman–Crippen MR) is 86.9 cm³/mol. The van der Waals surface area contributed by atoms with E-state index in [-0.39, 0.29) is 0 Å². The fourth-order valence-corrected chi connectivity index (χ4v) is 3.56. The highest BCUT2D eigenvalue weighted by atomic mass is 15.3. The van der Waals surface area contributed by atoms with Crippen molar-refractivity contribution in [1.82, 2.24) is 9.78 Å². The molecule has 1 fully saturated rings. The van der Waals surface area contributed by atoms with E-state index in [1.54, 1.807) is 0 Å². The van der Waals surface area contributed by atoms with Crippen molar-refractivity contribution in [2.24, 2.45) is 17.6 Å². The van der Waals surface area contributed by atoms with Gasteiger partial charge in [-0.1, -0.05) is 43.7 Å². The third kappa shape index (κ3) is 3.03. The largest absolute Gasteiger partial charge is 0.330 e. The molecule has 3 atom stereocenters. The molecule has 1 aliphatic carbocycles. The van der Waals surface area contributed by atoms with Crippen LogP contribution in [0.15, 0.2) is 42.7 Å². The van der Waals surface area contributed by atoms with Crippen molar-refractivity contribution in [1.29, 1.82) is 0 Å². The van der Waals surface area contributed by atoms with E-state index in [2.05, 4.69) is 47.2 Å². The van der Waals surface area contributed by atoms with Gasteiger partial charge in [-0.05, 0) is 43.2 Å². The monoisotopic (exact) mass is 283 g/mol. The summed E-state index contributed by atoms with van der Waals surface area (Å²) in [5.74, 6) is 1.39. The topological polar surface area (TPSA) is 43.8 Å². The molecule has 0 radical (unpaired) electrons. The Morgan fingerprint density at radius 1 is 1.19 bits per heavy atom. The summed E-state index contributed by atoms with van der Waals surface area (Å²) in [7, 11) is 0. The lowest BCUT2D eigenvalue weighted by atomic mass is 9.77. The lowest BCUT2D eigenvalue weighted by Gasteiger charge is -2.35. The first-order valence-corrected chi connectivity index (χ1v) is 8.11. The maximum Gasteiger partial charge on any atom is 0.0568 e. The summed E-state index contributed by atoms with van der Waals surface area (Å²) in [4.78, 5) is 0. The zero-order valence-corrected chi connectivity index (χ0v) is 12.8. The van der Waals surface area contributed by atoms with Crippen molar-refractivity contribution >= 4 is 0 Å². The zero-order valence-electron chi connectivity index (χ0n) is 12.8. The molecule has 0 aliphatic heterocycles. The Kier molecular flexibility index (Phi) is 4.39. The second-order valence-electron chi connectivity index (χ2n) is 6.23. The molecule has 1 saturated carbocycles. The molecule has 21 heavy (non-hydrogen) atoms. The molecule has 1 aliphatic rings. The molecule has 1 heterocycles. The van der Waals surface area contributed by atoms with Crippen molar-refractivity contribution in [3.63, 3.8) is 0 Å². The zero-order chi connectivity index (χ0) is 14.7. The SMILES string of the molecule is CCC1CCC(CN)C(n2cc(-c3ccccc3)cn2)C1. The fourth-order valence-electron chi connectivity index (χ4n) is 3.56. The van der Waals surface area contributed by atoms with Crippen LogP contribution >= 0.6 is 0 Å². The Bertz CT molecular complexity index is 561. The van der Waals surface area contributed by atoms with E-state index < -0.39 is 0 Å². The van der Waals surface area contributed by atoms with Crippen molar-refractivity contribution in [2.45, 2.75) is 38.6 Å². The quantitative estimate of drug-likeness (QED) is 0.925. The molecule has 0 bridgehead atoms. The van der Waals surface area contributed by atoms with Gasteiger partial charge in [0, 0.05) is 11.8 Å². The van der Waals surface area contributed by atoms with Crippen LogP contribution in [0, 0.1) is 11.8 Å². The summed E-state index contributed by atoms with van der Waals surface area (Å²) in [6, 6.07) is 10.9. The normalized spacial score (nSPS) is 25.9. The van der Waals surface area contributed by atoms with Crippen LogP contribution in [0.1, 0.15) is 38.6 Å². The minimum Gasteiger partial charge on any atom is -0.330 e. The first-order chi connectivity index (χ1) is 10.3. The van der Waals surface area contributed by atoms with Gasteiger partial charge in [0.25, 0.3) is 0 Å². The maximum atomic E-state index is 5.99. The minimum absolute atomic E-state index is 0.464. The highest BCUT2D eigenvalue weighted by Crippen LogP contribution is 2.38. The average Bonchev–Trinajstić information content (AvgIpc) is 3.05. The molecular weight excluding hydrogens is 258 g/mol. The van der Waals surface area contributed by atoms with Crippen LogP contribution in [-0.4, -0.2) is 16.3 Å². The van der Waals surface area contributed by atoms with Gasteiger partial charge in [0.2, 0.25) is 0 Å². The molecule has 3 unspecified atom stereocenters. The Balaban J connectivity index is 1.83. The van der Waals surface area contributed by atoms with Crippen LogP contribution in [0.5, 0.6) is 0 Å². The minimum atomic E-state index is 0.464. The highest BCUT2D eigenvalue weighted by Gasteiger charge is 2.30. The summed E-state index contributed by atoms with van der Waals surface area (Å²) >= 11 is 0. The van der Waals surface area contributed by atoms with Gasteiger partial charge >= 0.3 is 0 Å². The third-order valence-electron chi connectivity index (χ3n) is 4.99. The van der Waals surface area contributed by atoms with Crippen LogP contribution < -0.4 is 5.73 Å². The fraction of sp³-hybridized carbons (Fsp3) is 0.500. The van der Waals surface area contributed by atoms with Crippen LogP contribution in [0.25, 0.3) is 11.1 Å². The molecule has 0 amide bonds. The smallest absolute Gasteiger partial charge is 0.0568 e. The number of hydrogen-bond acceptors (Lipinski definition) is 2. The number of rotatable bonds is 4. The molecule has 2 N–H and O–H groups in total. The number of aromatic nitrogens is 2. The summed E-state index contributed by atoms with van der Waals surface area (Å²) in [5, 5.41) is 4.64. The summed E-state index contributed by atoms with van der Waals surface area (Å²) in [6.45, 7) is 3.06. The molecule has 0 spiro atoms. The number of hydrogen-bond donors (Lipinski definition) is 1. The van der Waals surface area contributed by atoms with E-state index in [1.807, 2.05) is 12.3 Å². The van der Waals surface area contributed by atoms with Crippen molar-refractivity contribution in [3.05, 3.63) is 42.7 Å². The van der Waals surface area contributed by atoms with Gasteiger partial charge < -0.3 is 5.73 Å². The third-order valence-corrected chi connectivity index (χ3v) is 4.99. The molecule has 112 valence electrons. The van der Waals surface area contributed by atoms with Gasteiger partial charge in [-0.3, -0.25) is 4.68 Å². The van der Waals surface area contributed by atoms with Crippen molar-refractivity contribution in [2.75, 3.05) is 6.54 Å². The first kappa shape index (κ1) is 14.3. The summed E-state index contributed by atoms with van der Waals surface area (Å²) in [6.07, 6.45) is 9.22. The summed E-state index contributed by atoms with van der Waals surface area (Å²) in [5.41, 5.74) is 8.43. The van der Waals surface area contributed by atoms with Gasteiger partial charge in [-0.25, -0.2) is 0 Å². The van der Waals surface area contributed by atoms with Gasteiger partial charge in [0.15, 0.2) is 0 Å². The molecular formula is C18H25N3. The van der Waals surface area contributed by atoms with E-state index in [1.165, 1.54) is 36.8 Å². The number of nitrogens with zero attached hydrogens (tertiary/aromatic N) is 2. The standard InChI is InChI=1S/C18H25N3/c1-2-14-8-9-16(11-19)18(10-14)21-13-17(12-20-21)15-6-4-3-5-7-15/h3-7,12-14,16,18H,2,8-11,19H2,1H3.